The van der Waals surface area contributed by atoms with E-state index in [4.69, 9.17) is 5.11 Å². The van der Waals surface area contributed by atoms with E-state index in [-0.39, 0.29) is 6.61 Å². The molecule has 5 heteroatoms. The number of rotatable bonds is 5. The van der Waals surface area contributed by atoms with Crippen molar-refractivity contribution in [3.63, 3.8) is 0 Å². The first-order valence-corrected chi connectivity index (χ1v) is 5.39. The van der Waals surface area contributed by atoms with Crippen LogP contribution in [0.3, 0.4) is 0 Å². The highest BCUT2D eigenvalue weighted by molar-refractivity contribution is 5.24. The summed E-state index contributed by atoms with van der Waals surface area (Å²) in [5.74, 6) is 0. The minimum atomic E-state index is -4.27. The Bertz CT molecular complexity index is 335. The lowest BCUT2D eigenvalue weighted by Gasteiger charge is -2.15. The Morgan fingerprint density at radius 1 is 1.12 bits per heavy atom. The van der Waals surface area contributed by atoms with Gasteiger partial charge >= 0.3 is 6.18 Å². The first-order valence-electron chi connectivity index (χ1n) is 5.39. The summed E-state index contributed by atoms with van der Waals surface area (Å²) >= 11 is 0. The summed E-state index contributed by atoms with van der Waals surface area (Å²) in [5.41, 5.74) is 0.243. The molecule has 17 heavy (non-hydrogen) atoms. The highest BCUT2D eigenvalue weighted by Gasteiger charge is 2.29. The number of aliphatic hydroxyl groups is 1. The van der Waals surface area contributed by atoms with E-state index in [1.54, 1.807) is 0 Å². The molecular weight excluding hydrogens is 231 g/mol. The first kappa shape index (κ1) is 14.0. The summed E-state index contributed by atoms with van der Waals surface area (Å²) in [4.78, 5) is 1.93. The van der Waals surface area contributed by atoms with Gasteiger partial charge < -0.3 is 10.0 Å². The van der Waals surface area contributed by atoms with Crippen molar-refractivity contribution in [2.45, 2.75) is 12.6 Å². The molecule has 0 aromatic heterocycles. The first-order chi connectivity index (χ1) is 7.93. The Morgan fingerprint density at radius 2 is 1.71 bits per heavy atom. The van der Waals surface area contributed by atoms with Crippen LogP contribution in [0.4, 0.5) is 13.2 Å². The zero-order valence-electron chi connectivity index (χ0n) is 9.67. The van der Waals surface area contributed by atoms with Crippen LogP contribution in [0, 0.1) is 0 Å². The maximum absolute atomic E-state index is 12.3. The third-order valence-electron chi connectivity index (χ3n) is 2.55. The van der Waals surface area contributed by atoms with Gasteiger partial charge in [-0.05, 0) is 31.2 Å². The van der Waals surface area contributed by atoms with Crippen LogP contribution in [0.15, 0.2) is 24.3 Å². The Morgan fingerprint density at radius 3 is 2.18 bits per heavy atom. The highest BCUT2D eigenvalue weighted by Crippen LogP contribution is 2.29. The molecule has 0 aliphatic rings. The number of benzene rings is 1. The molecule has 0 aliphatic carbocycles. The van der Waals surface area contributed by atoms with Gasteiger partial charge in [-0.15, -0.1) is 0 Å². The lowest BCUT2D eigenvalue weighted by atomic mass is 10.1. The van der Waals surface area contributed by atoms with Gasteiger partial charge in [0, 0.05) is 13.1 Å². The summed E-state index contributed by atoms with van der Waals surface area (Å²) in [6, 6.07) is 5.19. The molecular formula is C12H16F3NO. The molecule has 0 fully saturated rings. The van der Waals surface area contributed by atoms with Crippen molar-refractivity contribution < 1.29 is 18.3 Å². The number of hydrogen-bond acceptors (Lipinski definition) is 2. The molecule has 1 rings (SSSR count). The van der Waals surface area contributed by atoms with Crippen LogP contribution in [0.5, 0.6) is 0 Å². The Kier molecular flexibility index (Phi) is 4.96. The SMILES string of the molecule is CN(CCO)CCc1ccc(C(F)(F)F)cc1. The average molecular weight is 247 g/mol. The van der Waals surface area contributed by atoms with Crippen LogP contribution < -0.4 is 0 Å². The van der Waals surface area contributed by atoms with E-state index >= 15 is 0 Å². The Hall–Kier alpha value is -1.07. The van der Waals surface area contributed by atoms with Gasteiger partial charge in [0.05, 0.1) is 12.2 Å². The standard InChI is InChI=1S/C12H16F3NO/c1-16(8-9-17)7-6-10-2-4-11(5-3-10)12(13,14)15/h2-5,17H,6-9H2,1H3. The van der Waals surface area contributed by atoms with Gasteiger partial charge in [0.15, 0.2) is 0 Å². The van der Waals surface area contributed by atoms with Gasteiger partial charge in [-0.25, -0.2) is 0 Å². The van der Waals surface area contributed by atoms with Crippen molar-refractivity contribution in [1.82, 2.24) is 4.90 Å². The van der Waals surface area contributed by atoms with E-state index < -0.39 is 11.7 Å². The molecule has 0 amide bonds. The lowest BCUT2D eigenvalue weighted by molar-refractivity contribution is -0.137. The summed E-state index contributed by atoms with van der Waals surface area (Å²) in [6.07, 6.45) is -3.60. The van der Waals surface area contributed by atoms with E-state index in [9.17, 15) is 13.2 Å². The second-order valence-electron chi connectivity index (χ2n) is 3.97. The summed E-state index contributed by atoms with van der Waals surface area (Å²) in [6.45, 7) is 1.37. The van der Waals surface area contributed by atoms with Crippen LogP contribution >= 0.6 is 0 Å². The molecule has 0 unspecified atom stereocenters. The normalized spacial score (nSPS) is 12.1. The fourth-order valence-corrected chi connectivity index (χ4v) is 1.46. The topological polar surface area (TPSA) is 23.5 Å². The van der Waals surface area contributed by atoms with E-state index in [1.807, 2.05) is 11.9 Å². The molecule has 0 heterocycles. The molecule has 1 aromatic rings. The number of hydrogen-bond donors (Lipinski definition) is 1. The summed E-state index contributed by atoms with van der Waals surface area (Å²) in [7, 11) is 1.86. The van der Waals surface area contributed by atoms with Gasteiger partial charge in [0.2, 0.25) is 0 Å². The van der Waals surface area contributed by atoms with Crippen LogP contribution in [0.2, 0.25) is 0 Å². The molecule has 1 aromatic carbocycles. The fourth-order valence-electron chi connectivity index (χ4n) is 1.46. The van der Waals surface area contributed by atoms with E-state index in [0.717, 1.165) is 17.7 Å². The van der Waals surface area contributed by atoms with Crippen LogP contribution in [0.25, 0.3) is 0 Å². The third-order valence-corrected chi connectivity index (χ3v) is 2.55. The summed E-state index contributed by atoms with van der Waals surface area (Å²) in [5, 5.41) is 8.69. The maximum atomic E-state index is 12.3. The smallest absolute Gasteiger partial charge is 0.395 e. The average Bonchev–Trinajstić information content (AvgIpc) is 2.26. The molecule has 2 nitrogen and oxygen atoms in total. The van der Waals surface area contributed by atoms with Crippen molar-refractivity contribution >= 4 is 0 Å². The van der Waals surface area contributed by atoms with Gasteiger partial charge in [-0.1, -0.05) is 12.1 Å². The van der Waals surface area contributed by atoms with E-state index in [1.165, 1.54) is 12.1 Å². The molecule has 0 aliphatic heterocycles. The number of nitrogens with zero attached hydrogens (tertiary/aromatic N) is 1. The predicted octanol–water partition coefficient (Wildman–Crippen LogP) is 2.17. The Labute approximate surface area is 98.7 Å². The minimum Gasteiger partial charge on any atom is -0.395 e. The summed E-state index contributed by atoms with van der Waals surface area (Å²) < 4.78 is 36.9. The monoisotopic (exact) mass is 247 g/mol. The van der Waals surface area contributed by atoms with E-state index in [0.29, 0.717) is 19.5 Å². The second kappa shape index (κ2) is 6.02. The van der Waals surface area contributed by atoms with Gasteiger partial charge in [-0.2, -0.15) is 13.2 Å². The van der Waals surface area contributed by atoms with Crippen LogP contribution in [-0.4, -0.2) is 36.8 Å². The number of halogens is 3. The Balaban J connectivity index is 2.51. The van der Waals surface area contributed by atoms with Gasteiger partial charge in [-0.3, -0.25) is 0 Å². The molecule has 0 bridgehead atoms. The molecule has 0 radical (unpaired) electrons. The van der Waals surface area contributed by atoms with Gasteiger partial charge in [0.1, 0.15) is 0 Å². The van der Waals surface area contributed by atoms with E-state index in [2.05, 4.69) is 0 Å². The minimum absolute atomic E-state index is 0.0868. The van der Waals surface area contributed by atoms with Gasteiger partial charge in [0.25, 0.3) is 0 Å². The fraction of sp³-hybridized carbons (Fsp3) is 0.500. The van der Waals surface area contributed by atoms with Crippen LogP contribution in [0.1, 0.15) is 11.1 Å². The molecule has 0 saturated carbocycles. The zero-order valence-corrected chi connectivity index (χ0v) is 9.67. The van der Waals surface area contributed by atoms with Crippen molar-refractivity contribution in [2.75, 3.05) is 26.7 Å². The quantitative estimate of drug-likeness (QED) is 0.862. The largest absolute Gasteiger partial charge is 0.416 e. The predicted molar refractivity (Wildman–Crippen MR) is 59.7 cm³/mol. The van der Waals surface area contributed by atoms with Crippen LogP contribution in [-0.2, 0) is 12.6 Å². The molecule has 1 N–H and O–H groups in total. The van der Waals surface area contributed by atoms with Crippen molar-refractivity contribution in [3.8, 4) is 0 Å². The molecule has 0 spiro atoms. The maximum Gasteiger partial charge on any atom is 0.416 e. The molecule has 0 saturated heterocycles. The number of alkyl halides is 3. The number of aliphatic hydroxyl groups excluding tert-OH is 1. The second-order valence-corrected chi connectivity index (χ2v) is 3.97. The van der Waals surface area contributed by atoms with Crippen molar-refractivity contribution in [1.29, 1.82) is 0 Å². The van der Waals surface area contributed by atoms with Crippen molar-refractivity contribution in [3.05, 3.63) is 35.4 Å². The molecule has 0 atom stereocenters. The number of likely N-dealkylation sites (N-methyl/N-ethyl adjacent to an activating group) is 1. The highest BCUT2D eigenvalue weighted by atomic mass is 19.4. The third kappa shape index (κ3) is 4.75. The van der Waals surface area contributed by atoms with Crippen molar-refractivity contribution in [2.24, 2.45) is 0 Å². The zero-order chi connectivity index (χ0) is 12.9. The molecule has 96 valence electrons. The lowest BCUT2D eigenvalue weighted by Crippen LogP contribution is -2.24.